The normalized spacial score (nSPS) is 23.3. The molecule has 1 rings (SSSR count). The fraction of sp³-hybridized carbons (Fsp3) is 1.00. The zero-order valence-electron chi connectivity index (χ0n) is 8.97. The first-order valence-electron chi connectivity index (χ1n) is 5.59. The fourth-order valence-corrected chi connectivity index (χ4v) is 2.16. The van der Waals surface area contributed by atoms with Gasteiger partial charge in [-0.05, 0) is 32.6 Å². The molecule has 1 fully saturated rings. The molecular formula is C11H23NO. The van der Waals surface area contributed by atoms with Crippen molar-refractivity contribution >= 4 is 0 Å². The van der Waals surface area contributed by atoms with E-state index in [1.54, 1.807) is 0 Å². The van der Waals surface area contributed by atoms with Gasteiger partial charge in [0.15, 0.2) is 0 Å². The van der Waals surface area contributed by atoms with Crippen LogP contribution in [0.3, 0.4) is 0 Å². The monoisotopic (exact) mass is 185 g/mol. The lowest BCUT2D eigenvalue weighted by Crippen LogP contribution is -2.47. The molecule has 0 aromatic carbocycles. The Hall–Kier alpha value is -0.0800. The van der Waals surface area contributed by atoms with Crippen molar-refractivity contribution in [2.75, 3.05) is 6.61 Å². The molecule has 2 heteroatoms. The molecule has 0 saturated heterocycles. The van der Waals surface area contributed by atoms with Gasteiger partial charge in [0.25, 0.3) is 0 Å². The number of nitrogens with one attached hydrogen (secondary N) is 1. The van der Waals surface area contributed by atoms with Crippen LogP contribution in [0.15, 0.2) is 0 Å². The fourth-order valence-electron chi connectivity index (χ4n) is 2.16. The minimum Gasteiger partial charge on any atom is -0.396 e. The average Bonchev–Trinajstić information content (AvgIpc) is 2.57. The minimum absolute atomic E-state index is 0.157. The SMILES string of the molecule is CCC(C)(CCO)NC1CCCC1. The van der Waals surface area contributed by atoms with Crippen LogP contribution in [0.5, 0.6) is 0 Å². The summed E-state index contributed by atoms with van der Waals surface area (Å²) in [6, 6.07) is 0.705. The molecular weight excluding hydrogens is 162 g/mol. The van der Waals surface area contributed by atoms with Gasteiger partial charge < -0.3 is 10.4 Å². The Labute approximate surface area is 81.7 Å². The molecule has 0 bridgehead atoms. The zero-order chi connectivity index (χ0) is 9.73. The predicted molar refractivity (Wildman–Crippen MR) is 55.8 cm³/mol. The van der Waals surface area contributed by atoms with E-state index in [0.29, 0.717) is 12.6 Å². The maximum Gasteiger partial charge on any atom is 0.0448 e. The Morgan fingerprint density at radius 1 is 1.38 bits per heavy atom. The highest BCUT2D eigenvalue weighted by Gasteiger charge is 2.26. The molecule has 1 saturated carbocycles. The second kappa shape index (κ2) is 4.97. The summed E-state index contributed by atoms with van der Waals surface area (Å²) in [4.78, 5) is 0. The molecule has 0 heterocycles. The Morgan fingerprint density at radius 2 is 2.00 bits per heavy atom. The summed E-state index contributed by atoms with van der Waals surface area (Å²) < 4.78 is 0. The van der Waals surface area contributed by atoms with E-state index in [2.05, 4.69) is 19.2 Å². The van der Waals surface area contributed by atoms with Crippen molar-refractivity contribution in [3.05, 3.63) is 0 Å². The first-order valence-corrected chi connectivity index (χ1v) is 5.59. The predicted octanol–water partition coefficient (Wildman–Crippen LogP) is 2.07. The van der Waals surface area contributed by atoms with Gasteiger partial charge in [0.1, 0.15) is 0 Å². The molecule has 0 aliphatic heterocycles. The molecule has 0 amide bonds. The number of aliphatic hydroxyl groups is 1. The number of rotatable bonds is 5. The average molecular weight is 185 g/mol. The van der Waals surface area contributed by atoms with Gasteiger partial charge in [-0.3, -0.25) is 0 Å². The largest absolute Gasteiger partial charge is 0.396 e. The highest BCUT2D eigenvalue weighted by molar-refractivity contribution is 4.87. The summed E-state index contributed by atoms with van der Waals surface area (Å²) in [6.45, 7) is 4.71. The molecule has 0 aromatic rings. The van der Waals surface area contributed by atoms with E-state index in [1.165, 1.54) is 25.7 Å². The number of aliphatic hydroxyl groups excluding tert-OH is 1. The van der Waals surface area contributed by atoms with Gasteiger partial charge in [0, 0.05) is 18.2 Å². The van der Waals surface area contributed by atoms with Crippen LogP contribution in [0, 0.1) is 0 Å². The third kappa shape index (κ3) is 3.28. The van der Waals surface area contributed by atoms with Crippen LogP contribution < -0.4 is 5.32 Å². The number of hydrogen-bond acceptors (Lipinski definition) is 2. The quantitative estimate of drug-likeness (QED) is 0.687. The summed E-state index contributed by atoms with van der Waals surface area (Å²) in [6.07, 6.45) is 7.36. The Kier molecular flexibility index (Phi) is 4.20. The van der Waals surface area contributed by atoms with Gasteiger partial charge >= 0.3 is 0 Å². The van der Waals surface area contributed by atoms with Gasteiger partial charge in [-0.15, -0.1) is 0 Å². The van der Waals surface area contributed by atoms with Gasteiger partial charge in [0.2, 0.25) is 0 Å². The summed E-state index contributed by atoms with van der Waals surface area (Å²) in [5.41, 5.74) is 0.157. The molecule has 2 nitrogen and oxygen atoms in total. The molecule has 0 spiro atoms. The highest BCUT2D eigenvalue weighted by Crippen LogP contribution is 2.23. The van der Waals surface area contributed by atoms with E-state index in [4.69, 9.17) is 5.11 Å². The first kappa shape index (κ1) is 11.0. The first-order chi connectivity index (χ1) is 6.20. The van der Waals surface area contributed by atoms with E-state index < -0.39 is 0 Å². The molecule has 0 radical (unpaired) electrons. The second-order valence-corrected chi connectivity index (χ2v) is 4.51. The summed E-state index contributed by atoms with van der Waals surface area (Å²) in [7, 11) is 0. The molecule has 0 aromatic heterocycles. The third-order valence-electron chi connectivity index (χ3n) is 3.35. The summed E-state index contributed by atoms with van der Waals surface area (Å²) in [5.74, 6) is 0. The number of hydrogen-bond donors (Lipinski definition) is 2. The Morgan fingerprint density at radius 3 is 2.46 bits per heavy atom. The maximum absolute atomic E-state index is 8.97. The molecule has 1 aliphatic rings. The van der Waals surface area contributed by atoms with Gasteiger partial charge in [-0.2, -0.15) is 0 Å². The van der Waals surface area contributed by atoms with Crippen molar-refractivity contribution in [3.8, 4) is 0 Å². The summed E-state index contributed by atoms with van der Waals surface area (Å²) >= 11 is 0. The van der Waals surface area contributed by atoms with E-state index in [-0.39, 0.29) is 5.54 Å². The zero-order valence-corrected chi connectivity index (χ0v) is 8.97. The smallest absolute Gasteiger partial charge is 0.0448 e. The van der Waals surface area contributed by atoms with Crippen molar-refractivity contribution in [3.63, 3.8) is 0 Å². The van der Waals surface area contributed by atoms with Crippen LogP contribution in [0.2, 0.25) is 0 Å². The Balaban J connectivity index is 2.36. The van der Waals surface area contributed by atoms with Gasteiger partial charge in [-0.25, -0.2) is 0 Å². The summed E-state index contributed by atoms with van der Waals surface area (Å²) in [5, 5.41) is 12.6. The van der Waals surface area contributed by atoms with Crippen LogP contribution in [-0.2, 0) is 0 Å². The van der Waals surface area contributed by atoms with E-state index in [9.17, 15) is 0 Å². The molecule has 13 heavy (non-hydrogen) atoms. The topological polar surface area (TPSA) is 32.3 Å². The van der Waals surface area contributed by atoms with Crippen molar-refractivity contribution in [1.82, 2.24) is 5.32 Å². The van der Waals surface area contributed by atoms with Gasteiger partial charge in [0.05, 0.1) is 0 Å². The van der Waals surface area contributed by atoms with Crippen molar-refractivity contribution in [1.29, 1.82) is 0 Å². The maximum atomic E-state index is 8.97. The van der Waals surface area contributed by atoms with Crippen LogP contribution in [0.25, 0.3) is 0 Å². The van der Waals surface area contributed by atoms with Gasteiger partial charge in [-0.1, -0.05) is 19.8 Å². The van der Waals surface area contributed by atoms with Crippen LogP contribution in [-0.4, -0.2) is 23.3 Å². The third-order valence-corrected chi connectivity index (χ3v) is 3.35. The van der Waals surface area contributed by atoms with E-state index >= 15 is 0 Å². The van der Waals surface area contributed by atoms with Crippen LogP contribution >= 0.6 is 0 Å². The van der Waals surface area contributed by atoms with Crippen molar-refractivity contribution < 1.29 is 5.11 Å². The lowest BCUT2D eigenvalue weighted by Gasteiger charge is -2.32. The Bertz CT molecular complexity index is 143. The molecule has 1 aliphatic carbocycles. The van der Waals surface area contributed by atoms with Crippen molar-refractivity contribution in [2.24, 2.45) is 0 Å². The highest BCUT2D eigenvalue weighted by atomic mass is 16.3. The van der Waals surface area contributed by atoms with E-state index in [1.807, 2.05) is 0 Å². The minimum atomic E-state index is 0.157. The van der Waals surface area contributed by atoms with Crippen molar-refractivity contribution in [2.45, 2.75) is 64.0 Å². The van der Waals surface area contributed by atoms with Crippen LogP contribution in [0.4, 0.5) is 0 Å². The molecule has 1 unspecified atom stereocenters. The second-order valence-electron chi connectivity index (χ2n) is 4.51. The molecule has 2 N–H and O–H groups in total. The van der Waals surface area contributed by atoms with E-state index in [0.717, 1.165) is 12.8 Å². The lowest BCUT2D eigenvalue weighted by molar-refractivity contribution is 0.202. The lowest BCUT2D eigenvalue weighted by atomic mass is 9.93. The molecule has 1 atom stereocenters. The van der Waals surface area contributed by atoms with Crippen LogP contribution in [0.1, 0.15) is 52.4 Å². The molecule has 78 valence electrons. The standard InChI is InChI=1S/C11H23NO/c1-3-11(2,8-9-13)12-10-6-4-5-7-10/h10,12-13H,3-9H2,1-2H3.